The van der Waals surface area contributed by atoms with Gasteiger partial charge in [-0.05, 0) is 41.8 Å². The van der Waals surface area contributed by atoms with Crippen LogP contribution in [-0.2, 0) is 17.8 Å². The van der Waals surface area contributed by atoms with Gasteiger partial charge in [-0.25, -0.2) is 0 Å². The molecule has 2 rings (SSSR count). The van der Waals surface area contributed by atoms with Crippen molar-refractivity contribution in [2.75, 3.05) is 34.3 Å². The smallest absolute Gasteiger partial charge is 0.259 e. The maximum absolute atomic E-state index is 11.6. The molecule has 0 radical (unpaired) electrons. The molecule has 0 saturated heterocycles. The van der Waals surface area contributed by atoms with E-state index in [-0.39, 0.29) is 12.5 Å². The molecule has 6 nitrogen and oxygen atoms in total. The molecule has 7 heteroatoms. The van der Waals surface area contributed by atoms with Crippen molar-refractivity contribution in [3.05, 3.63) is 64.7 Å². The monoisotopic (exact) mass is 402 g/mol. The predicted molar refractivity (Wildman–Crippen MR) is 114 cm³/mol. The molecule has 0 atom stereocenters. The molecule has 0 bridgehead atoms. The number of amides is 1. The van der Waals surface area contributed by atoms with Crippen LogP contribution < -0.4 is 15.4 Å². The second-order valence-corrected chi connectivity index (χ2v) is 6.89. The number of ether oxygens (including phenoxy) is 1. The Labute approximate surface area is 171 Å². The normalized spacial score (nSPS) is 11.1. The molecular weight excluding hydrogens is 376 g/mol. The van der Waals surface area contributed by atoms with Crippen molar-refractivity contribution in [1.82, 2.24) is 15.5 Å². The molecule has 0 heterocycles. The van der Waals surface area contributed by atoms with E-state index in [0.29, 0.717) is 12.3 Å². The summed E-state index contributed by atoms with van der Waals surface area (Å²) in [7, 11) is 5.15. The number of carbonyl (C=O) groups excluding carboxylic acids is 1. The van der Waals surface area contributed by atoms with Crippen LogP contribution in [0, 0.1) is 0 Å². The van der Waals surface area contributed by atoms with Gasteiger partial charge >= 0.3 is 0 Å². The minimum Gasteiger partial charge on any atom is -0.484 e. The fourth-order valence-electron chi connectivity index (χ4n) is 2.44. The van der Waals surface area contributed by atoms with Gasteiger partial charge in [0.1, 0.15) is 5.75 Å². The minimum absolute atomic E-state index is 0.0244. The van der Waals surface area contributed by atoms with Crippen molar-refractivity contribution in [2.24, 2.45) is 4.99 Å². The van der Waals surface area contributed by atoms with Crippen molar-refractivity contribution in [3.63, 3.8) is 0 Å². The molecule has 0 spiro atoms. The molecule has 1 amide bonds. The van der Waals surface area contributed by atoms with Gasteiger partial charge in [0.05, 0.1) is 0 Å². The number of benzene rings is 2. The van der Waals surface area contributed by atoms with E-state index in [4.69, 9.17) is 16.3 Å². The number of nitrogens with zero attached hydrogens (tertiary/aromatic N) is 2. The topological polar surface area (TPSA) is 66.0 Å². The summed E-state index contributed by atoms with van der Waals surface area (Å²) in [5.74, 6) is 1.31. The van der Waals surface area contributed by atoms with Crippen molar-refractivity contribution in [3.8, 4) is 5.75 Å². The van der Waals surface area contributed by atoms with Crippen LogP contribution in [0.5, 0.6) is 5.75 Å². The Morgan fingerprint density at radius 2 is 1.86 bits per heavy atom. The number of likely N-dealkylation sites (N-methyl/N-ethyl adjacent to an activating group) is 1. The van der Waals surface area contributed by atoms with E-state index in [1.807, 2.05) is 42.5 Å². The zero-order valence-electron chi connectivity index (χ0n) is 16.5. The number of hydrogen-bond acceptors (Lipinski definition) is 3. The maximum Gasteiger partial charge on any atom is 0.259 e. The molecule has 0 aliphatic rings. The van der Waals surface area contributed by atoms with Crippen LogP contribution in [0.25, 0.3) is 0 Å². The van der Waals surface area contributed by atoms with E-state index < -0.39 is 0 Å². The van der Waals surface area contributed by atoms with Gasteiger partial charge in [-0.15, -0.1) is 0 Å². The molecule has 2 aromatic carbocycles. The van der Waals surface area contributed by atoms with Crippen LogP contribution in [0.1, 0.15) is 11.1 Å². The van der Waals surface area contributed by atoms with E-state index in [0.717, 1.165) is 29.5 Å². The van der Waals surface area contributed by atoms with Crippen molar-refractivity contribution in [2.45, 2.75) is 13.0 Å². The first-order chi connectivity index (χ1) is 13.5. The first-order valence-corrected chi connectivity index (χ1v) is 9.46. The number of rotatable bonds is 8. The van der Waals surface area contributed by atoms with E-state index in [1.165, 1.54) is 10.5 Å². The Bertz CT molecular complexity index is 808. The fourth-order valence-corrected chi connectivity index (χ4v) is 2.66. The van der Waals surface area contributed by atoms with E-state index in [2.05, 4.69) is 21.7 Å². The molecule has 0 fully saturated rings. The molecule has 0 saturated carbocycles. The summed E-state index contributed by atoms with van der Waals surface area (Å²) in [5.41, 5.74) is 2.21. The highest BCUT2D eigenvalue weighted by Crippen LogP contribution is 2.13. The third kappa shape index (κ3) is 7.48. The maximum atomic E-state index is 11.6. The Morgan fingerprint density at radius 3 is 2.57 bits per heavy atom. The Balaban J connectivity index is 1.79. The molecule has 150 valence electrons. The molecule has 2 aromatic rings. The average molecular weight is 403 g/mol. The molecule has 0 aliphatic heterocycles. The van der Waals surface area contributed by atoms with Gasteiger partial charge in [0.15, 0.2) is 12.6 Å². The summed E-state index contributed by atoms with van der Waals surface area (Å²) in [4.78, 5) is 17.4. The quantitative estimate of drug-likeness (QED) is 0.526. The molecule has 0 aliphatic carbocycles. The number of nitrogens with one attached hydrogen (secondary N) is 2. The number of guanidine groups is 1. The lowest BCUT2D eigenvalue weighted by Gasteiger charge is -2.14. The number of carbonyl (C=O) groups is 1. The van der Waals surface area contributed by atoms with Gasteiger partial charge in [0, 0.05) is 39.3 Å². The molecule has 0 unspecified atom stereocenters. The predicted octanol–water partition coefficient (Wildman–Crippen LogP) is 2.71. The zero-order chi connectivity index (χ0) is 20.4. The van der Waals surface area contributed by atoms with Gasteiger partial charge in [-0.3, -0.25) is 9.79 Å². The summed E-state index contributed by atoms with van der Waals surface area (Å²) in [6.07, 6.45) is 0.852. The SMILES string of the molecule is CN=C(NCCc1cccc(Cl)c1)NCc1cccc(OCC(=O)N(C)C)c1. The summed E-state index contributed by atoms with van der Waals surface area (Å²) in [5, 5.41) is 7.31. The van der Waals surface area contributed by atoms with Crippen LogP contribution in [-0.4, -0.2) is 51.1 Å². The van der Waals surface area contributed by atoms with Crippen LogP contribution in [0.15, 0.2) is 53.5 Å². The summed E-state index contributed by atoms with van der Waals surface area (Å²) in [6.45, 7) is 1.36. The fraction of sp³-hybridized carbons (Fsp3) is 0.333. The third-order valence-corrected chi connectivity index (χ3v) is 4.27. The van der Waals surface area contributed by atoms with Crippen molar-refractivity contribution >= 4 is 23.5 Å². The number of aliphatic imine (C=N–C) groups is 1. The highest BCUT2D eigenvalue weighted by Gasteiger charge is 2.06. The second kappa shape index (κ2) is 11.2. The van der Waals surface area contributed by atoms with Crippen LogP contribution >= 0.6 is 11.6 Å². The first-order valence-electron chi connectivity index (χ1n) is 9.09. The Kier molecular flexibility index (Phi) is 8.62. The number of hydrogen-bond donors (Lipinski definition) is 2. The van der Waals surface area contributed by atoms with Gasteiger partial charge < -0.3 is 20.3 Å². The minimum atomic E-state index is -0.0761. The van der Waals surface area contributed by atoms with Crippen molar-refractivity contribution < 1.29 is 9.53 Å². The van der Waals surface area contributed by atoms with E-state index in [1.54, 1.807) is 21.1 Å². The van der Waals surface area contributed by atoms with E-state index >= 15 is 0 Å². The standard InChI is InChI=1S/C21H27ClN4O2/c1-23-21(24-11-10-16-6-4-8-18(22)12-16)25-14-17-7-5-9-19(13-17)28-15-20(27)26(2)3/h4-9,12-13H,10-11,14-15H2,1-3H3,(H2,23,24,25). The number of halogens is 1. The van der Waals surface area contributed by atoms with Gasteiger partial charge in [-0.2, -0.15) is 0 Å². The lowest BCUT2D eigenvalue weighted by Crippen LogP contribution is -2.37. The molecule has 2 N–H and O–H groups in total. The van der Waals surface area contributed by atoms with Crippen molar-refractivity contribution in [1.29, 1.82) is 0 Å². The largest absolute Gasteiger partial charge is 0.484 e. The van der Waals surface area contributed by atoms with Crippen LogP contribution in [0.2, 0.25) is 5.02 Å². The summed E-state index contributed by atoms with van der Waals surface area (Å²) in [6, 6.07) is 15.5. The van der Waals surface area contributed by atoms with Gasteiger partial charge in [-0.1, -0.05) is 35.9 Å². The summed E-state index contributed by atoms with van der Waals surface area (Å²) >= 11 is 6.01. The Morgan fingerprint density at radius 1 is 1.11 bits per heavy atom. The third-order valence-electron chi connectivity index (χ3n) is 4.04. The second-order valence-electron chi connectivity index (χ2n) is 6.46. The van der Waals surface area contributed by atoms with Gasteiger partial charge in [0.2, 0.25) is 0 Å². The van der Waals surface area contributed by atoms with Crippen LogP contribution in [0.4, 0.5) is 0 Å². The molecule has 28 heavy (non-hydrogen) atoms. The summed E-state index contributed by atoms with van der Waals surface area (Å²) < 4.78 is 5.55. The van der Waals surface area contributed by atoms with Gasteiger partial charge in [0.25, 0.3) is 5.91 Å². The zero-order valence-corrected chi connectivity index (χ0v) is 17.3. The molecule has 0 aromatic heterocycles. The highest BCUT2D eigenvalue weighted by molar-refractivity contribution is 6.30. The lowest BCUT2D eigenvalue weighted by molar-refractivity contribution is -0.130. The van der Waals surface area contributed by atoms with E-state index in [9.17, 15) is 4.79 Å². The van der Waals surface area contributed by atoms with Crippen LogP contribution in [0.3, 0.4) is 0 Å². The first kappa shape index (κ1) is 21.6. The highest BCUT2D eigenvalue weighted by atomic mass is 35.5. The average Bonchev–Trinajstić information content (AvgIpc) is 2.69. The lowest BCUT2D eigenvalue weighted by atomic mass is 10.1. The Hall–Kier alpha value is -2.73. The molecular formula is C21H27ClN4O2.